The second-order valence-corrected chi connectivity index (χ2v) is 6.71. The number of carbonyl (C=O) groups excluding carboxylic acids is 2. The van der Waals surface area contributed by atoms with Gasteiger partial charge in [0.25, 0.3) is 5.91 Å². The Bertz CT molecular complexity index is 654. The average Bonchev–Trinajstić information content (AvgIpc) is 3.33. The number of carbonyl (C=O) groups is 2. The summed E-state index contributed by atoms with van der Waals surface area (Å²) < 4.78 is 10.6. The molecular weight excluding hydrogens is 308 g/mol. The maximum Gasteiger partial charge on any atom is 0.254 e. The zero-order valence-electron chi connectivity index (χ0n) is 13.6. The molecule has 0 aromatic heterocycles. The molecule has 1 saturated carbocycles. The van der Waals surface area contributed by atoms with Crippen molar-refractivity contribution in [2.45, 2.75) is 50.6 Å². The number of nitrogens with one attached hydrogen (secondary N) is 1. The van der Waals surface area contributed by atoms with Crippen molar-refractivity contribution in [2.75, 3.05) is 13.3 Å². The standard InChI is InChI=1S/C18H22N2O4/c21-17(19-13-4-1-2-5-13)14-6-3-9-20(14)18(22)12-7-8-15-16(10-12)24-11-23-15/h7-8,10,13-14H,1-6,9,11H2,(H,19,21)/t14-/m0/s1. The lowest BCUT2D eigenvalue weighted by atomic mass is 10.1. The van der Waals surface area contributed by atoms with Gasteiger partial charge in [0, 0.05) is 18.2 Å². The average molecular weight is 330 g/mol. The third kappa shape index (κ3) is 2.81. The molecule has 1 aromatic carbocycles. The van der Waals surface area contributed by atoms with Gasteiger partial charge in [0.1, 0.15) is 6.04 Å². The monoisotopic (exact) mass is 330 g/mol. The Kier molecular flexibility index (Phi) is 4.04. The first-order valence-corrected chi connectivity index (χ1v) is 8.73. The smallest absolute Gasteiger partial charge is 0.254 e. The van der Waals surface area contributed by atoms with Crippen molar-refractivity contribution in [3.8, 4) is 11.5 Å². The van der Waals surface area contributed by atoms with Gasteiger partial charge < -0.3 is 19.7 Å². The maximum atomic E-state index is 12.8. The van der Waals surface area contributed by atoms with E-state index >= 15 is 0 Å². The van der Waals surface area contributed by atoms with E-state index in [-0.39, 0.29) is 30.7 Å². The van der Waals surface area contributed by atoms with Gasteiger partial charge >= 0.3 is 0 Å². The summed E-state index contributed by atoms with van der Waals surface area (Å²) in [4.78, 5) is 27.1. The number of amides is 2. The van der Waals surface area contributed by atoms with Crippen LogP contribution in [0.4, 0.5) is 0 Å². The van der Waals surface area contributed by atoms with Crippen molar-refractivity contribution in [3.05, 3.63) is 23.8 Å². The van der Waals surface area contributed by atoms with Crippen LogP contribution in [0.1, 0.15) is 48.9 Å². The number of hydrogen-bond acceptors (Lipinski definition) is 4. The summed E-state index contributed by atoms with van der Waals surface area (Å²) in [5, 5.41) is 3.12. The molecule has 24 heavy (non-hydrogen) atoms. The fourth-order valence-electron chi connectivity index (χ4n) is 3.85. The van der Waals surface area contributed by atoms with E-state index in [1.54, 1.807) is 23.1 Å². The van der Waals surface area contributed by atoms with Gasteiger partial charge in [-0.05, 0) is 43.9 Å². The molecule has 2 amide bonds. The second-order valence-electron chi connectivity index (χ2n) is 6.71. The molecule has 2 aliphatic heterocycles. The quantitative estimate of drug-likeness (QED) is 0.921. The lowest BCUT2D eigenvalue weighted by Crippen LogP contribution is -2.48. The minimum Gasteiger partial charge on any atom is -0.454 e. The molecule has 0 unspecified atom stereocenters. The van der Waals surface area contributed by atoms with E-state index in [4.69, 9.17) is 9.47 Å². The van der Waals surface area contributed by atoms with E-state index in [2.05, 4.69) is 5.32 Å². The summed E-state index contributed by atoms with van der Waals surface area (Å²) >= 11 is 0. The number of likely N-dealkylation sites (tertiary alicyclic amines) is 1. The van der Waals surface area contributed by atoms with Crippen LogP contribution in [-0.4, -0.2) is 42.1 Å². The number of ether oxygens (including phenoxy) is 2. The molecule has 6 nitrogen and oxygen atoms in total. The Hall–Kier alpha value is -2.24. The van der Waals surface area contributed by atoms with E-state index in [0.717, 1.165) is 25.7 Å². The molecule has 1 atom stereocenters. The lowest BCUT2D eigenvalue weighted by molar-refractivity contribution is -0.125. The van der Waals surface area contributed by atoms with Crippen LogP contribution < -0.4 is 14.8 Å². The Morgan fingerprint density at radius 3 is 2.67 bits per heavy atom. The molecule has 6 heteroatoms. The van der Waals surface area contributed by atoms with Crippen molar-refractivity contribution < 1.29 is 19.1 Å². The van der Waals surface area contributed by atoms with Crippen molar-refractivity contribution in [2.24, 2.45) is 0 Å². The normalized spacial score (nSPS) is 22.8. The molecule has 1 aromatic rings. The van der Waals surface area contributed by atoms with Crippen LogP contribution in [0.3, 0.4) is 0 Å². The third-order valence-corrected chi connectivity index (χ3v) is 5.14. The van der Waals surface area contributed by atoms with E-state index in [0.29, 0.717) is 23.6 Å². The highest BCUT2D eigenvalue weighted by molar-refractivity contribution is 5.98. The van der Waals surface area contributed by atoms with Crippen LogP contribution in [0.5, 0.6) is 11.5 Å². The first-order chi connectivity index (χ1) is 11.7. The predicted molar refractivity (Wildman–Crippen MR) is 87.0 cm³/mol. The summed E-state index contributed by atoms with van der Waals surface area (Å²) in [5.74, 6) is 1.13. The summed E-state index contributed by atoms with van der Waals surface area (Å²) in [5.41, 5.74) is 0.541. The Balaban J connectivity index is 1.47. The molecule has 1 aliphatic carbocycles. The van der Waals surface area contributed by atoms with E-state index in [9.17, 15) is 9.59 Å². The van der Waals surface area contributed by atoms with Gasteiger partial charge in [-0.25, -0.2) is 0 Å². The number of nitrogens with zero attached hydrogens (tertiary/aromatic N) is 1. The summed E-state index contributed by atoms with van der Waals surface area (Å²) in [6.45, 7) is 0.805. The van der Waals surface area contributed by atoms with Crippen LogP contribution in [-0.2, 0) is 4.79 Å². The van der Waals surface area contributed by atoms with Gasteiger partial charge in [-0.1, -0.05) is 12.8 Å². The largest absolute Gasteiger partial charge is 0.454 e. The van der Waals surface area contributed by atoms with Crippen LogP contribution in [0.25, 0.3) is 0 Å². The SMILES string of the molecule is O=C(NC1CCCC1)[C@@H]1CCCN1C(=O)c1ccc2c(c1)OCO2. The van der Waals surface area contributed by atoms with E-state index in [1.165, 1.54) is 12.8 Å². The summed E-state index contributed by atoms with van der Waals surface area (Å²) in [6, 6.07) is 5.11. The van der Waals surface area contributed by atoms with Gasteiger partial charge in [0.05, 0.1) is 0 Å². The molecule has 128 valence electrons. The Morgan fingerprint density at radius 1 is 1.04 bits per heavy atom. The number of hydrogen-bond donors (Lipinski definition) is 1. The van der Waals surface area contributed by atoms with Crippen LogP contribution in [0.2, 0.25) is 0 Å². The van der Waals surface area contributed by atoms with Gasteiger partial charge in [0.15, 0.2) is 11.5 Å². The summed E-state index contributed by atoms with van der Waals surface area (Å²) in [6.07, 6.45) is 6.04. The topological polar surface area (TPSA) is 67.9 Å². The molecule has 4 rings (SSSR count). The van der Waals surface area contributed by atoms with Gasteiger partial charge in [-0.15, -0.1) is 0 Å². The molecule has 0 spiro atoms. The molecular formula is C18H22N2O4. The third-order valence-electron chi connectivity index (χ3n) is 5.14. The van der Waals surface area contributed by atoms with E-state index < -0.39 is 0 Å². The van der Waals surface area contributed by atoms with Gasteiger partial charge in [-0.3, -0.25) is 9.59 Å². The van der Waals surface area contributed by atoms with Crippen molar-refractivity contribution in [1.82, 2.24) is 10.2 Å². The predicted octanol–water partition coefficient (Wildman–Crippen LogP) is 2.08. The van der Waals surface area contributed by atoms with Crippen molar-refractivity contribution in [1.29, 1.82) is 0 Å². The zero-order chi connectivity index (χ0) is 16.5. The van der Waals surface area contributed by atoms with Crippen LogP contribution >= 0.6 is 0 Å². The minimum absolute atomic E-state index is 0.00602. The van der Waals surface area contributed by atoms with Crippen LogP contribution in [0.15, 0.2) is 18.2 Å². The van der Waals surface area contributed by atoms with Crippen molar-refractivity contribution in [3.63, 3.8) is 0 Å². The first-order valence-electron chi connectivity index (χ1n) is 8.73. The lowest BCUT2D eigenvalue weighted by Gasteiger charge is -2.25. The first kappa shape index (κ1) is 15.3. The Labute approximate surface area is 141 Å². The van der Waals surface area contributed by atoms with Gasteiger partial charge in [-0.2, -0.15) is 0 Å². The molecule has 1 saturated heterocycles. The maximum absolute atomic E-state index is 12.8. The fourth-order valence-corrected chi connectivity index (χ4v) is 3.85. The molecule has 2 fully saturated rings. The van der Waals surface area contributed by atoms with E-state index in [1.807, 2.05) is 0 Å². The highest BCUT2D eigenvalue weighted by Crippen LogP contribution is 2.33. The fraction of sp³-hybridized carbons (Fsp3) is 0.556. The molecule has 0 bridgehead atoms. The minimum atomic E-state index is -0.358. The zero-order valence-corrected chi connectivity index (χ0v) is 13.6. The second kappa shape index (κ2) is 6.34. The number of rotatable bonds is 3. The number of benzene rings is 1. The number of fused-ring (bicyclic) bond motifs is 1. The van der Waals surface area contributed by atoms with Crippen LogP contribution in [0, 0.1) is 0 Å². The molecule has 0 radical (unpaired) electrons. The Morgan fingerprint density at radius 2 is 1.83 bits per heavy atom. The van der Waals surface area contributed by atoms with Gasteiger partial charge in [0.2, 0.25) is 12.7 Å². The van der Waals surface area contributed by atoms with Crippen molar-refractivity contribution >= 4 is 11.8 Å². The highest BCUT2D eigenvalue weighted by Gasteiger charge is 2.36. The molecule has 2 heterocycles. The molecule has 3 aliphatic rings. The summed E-state index contributed by atoms with van der Waals surface area (Å²) in [7, 11) is 0. The highest BCUT2D eigenvalue weighted by atomic mass is 16.7. The molecule has 1 N–H and O–H groups in total.